The molecule has 2 heterocycles. The number of aromatic nitrogens is 2. The Hall–Kier alpha value is -3.41. The molecule has 0 aliphatic carbocycles. The smallest absolute Gasteiger partial charge is 0.272 e. The van der Waals surface area contributed by atoms with Crippen molar-refractivity contribution in [1.82, 2.24) is 20.0 Å². The van der Waals surface area contributed by atoms with Crippen molar-refractivity contribution in [1.29, 1.82) is 0 Å². The van der Waals surface area contributed by atoms with E-state index in [1.165, 1.54) is 11.1 Å². The Bertz CT molecular complexity index is 1090. The van der Waals surface area contributed by atoms with Gasteiger partial charge in [0.25, 0.3) is 11.8 Å². The molecule has 0 spiro atoms. The largest absolute Gasteiger partial charge is 0.347 e. The minimum absolute atomic E-state index is 0.0827. The molecule has 1 aliphatic rings. The molecule has 1 N–H and O–H groups in total. The fraction of sp³-hybridized carbons (Fsp3) is 0.320. The highest BCUT2D eigenvalue weighted by Crippen LogP contribution is 2.17. The molecule has 2 amide bonds. The minimum atomic E-state index is -0.266. The van der Waals surface area contributed by atoms with Crippen molar-refractivity contribution in [3.05, 3.63) is 88.2 Å². The Morgan fingerprint density at radius 1 is 1.03 bits per heavy atom. The average Bonchev–Trinajstić information content (AvgIpc) is 3.15. The van der Waals surface area contributed by atoms with Crippen molar-refractivity contribution < 1.29 is 9.59 Å². The fourth-order valence-electron chi connectivity index (χ4n) is 3.89. The lowest BCUT2D eigenvalue weighted by Gasteiger charge is -2.20. The van der Waals surface area contributed by atoms with Crippen LogP contribution >= 0.6 is 0 Å². The third-order valence-electron chi connectivity index (χ3n) is 5.66. The summed E-state index contributed by atoms with van der Waals surface area (Å²) in [6.45, 7) is 6.44. The van der Waals surface area contributed by atoms with Gasteiger partial charge in [-0.2, -0.15) is 5.10 Å². The summed E-state index contributed by atoms with van der Waals surface area (Å²) in [4.78, 5) is 27.6. The number of rotatable bonds is 6. The Morgan fingerprint density at radius 2 is 1.81 bits per heavy atom. The van der Waals surface area contributed by atoms with E-state index in [-0.39, 0.29) is 17.5 Å². The summed E-state index contributed by atoms with van der Waals surface area (Å²) in [6.07, 6.45) is 1.79. The maximum Gasteiger partial charge on any atom is 0.272 e. The summed E-state index contributed by atoms with van der Waals surface area (Å²) >= 11 is 0. The second-order valence-corrected chi connectivity index (χ2v) is 8.06. The van der Waals surface area contributed by atoms with Gasteiger partial charge in [0.05, 0.1) is 0 Å². The lowest BCUT2D eigenvalue weighted by Crippen LogP contribution is -2.30. The number of carbonyl (C=O) groups excluding carboxylic acids is 2. The number of nitrogens with one attached hydrogen (secondary N) is 1. The normalized spacial score (nSPS) is 13.6. The van der Waals surface area contributed by atoms with Gasteiger partial charge in [-0.05, 0) is 36.5 Å². The van der Waals surface area contributed by atoms with Crippen molar-refractivity contribution in [2.75, 3.05) is 6.54 Å². The molecule has 0 bridgehead atoms. The SMILES string of the molecule is CCc1ccc(CNC(=O)c2cc3n(n2)CCCN(Cc2cccc(C)c2)C3=O)cc1. The molecule has 4 rings (SSSR count). The summed E-state index contributed by atoms with van der Waals surface area (Å²) < 4.78 is 1.67. The van der Waals surface area contributed by atoms with Crippen LogP contribution < -0.4 is 5.32 Å². The molecular weight excluding hydrogens is 388 g/mol. The molecule has 0 unspecified atom stereocenters. The van der Waals surface area contributed by atoms with E-state index in [4.69, 9.17) is 0 Å². The standard InChI is InChI=1S/C25H28N4O2/c1-3-19-8-10-20(11-9-19)16-26-24(30)22-15-23-25(31)28(12-5-13-29(23)27-22)17-21-7-4-6-18(2)14-21/h4,6-11,14-15H,3,5,12-13,16-17H2,1-2H3,(H,26,30). The average molecular weight is 417 g/mol. The monoisotopic (exact) mass is 416 g/mol. The first-order valence-electron chi connectivity index (χ1n) is 10.8. The summed E-state index contributed by atoms with van der Waals surface area (Å²) in [7, 11) is 0. The van der Waals surface area contributed by atoms with E-state index in [1.54, 1.807) is 10.7 Å². The first kappa shape index (κ1) is 20.8. The van der Waals surface area contributed by atoms with Gasteiger partial charge in [-0.3, -0.25) is 14.3 Å². The third-order valence-corrected chi connectivity index (χ3v) is 5.66. The Labute approximate surface area is 182 Å². The van der Waals surface area contributed by atoms with Crippen molar-refractivity contribution in [3.8, 4) is 0 Å². The second-order valence-electron chi connectivity index (χ2n) is 8.06. The number of benzene rings is 2. The molecule has 160 valence electrons. The molecule has 1 aromatic heterocycles. The first-order chi connectivity index (χ1) is 15.0. The Balaban J connectivity index is 1.44. The fourth-order valence-corrected chi connectivity index (χ4v) is 3.89. The highest BCUT2D eigenvalue weighted by molar-refractivity contribution is 5.98. The van der Waals surface area contributed by atoms with Gasteiger partial charge < -0.3 is 10.2 Å². The van der Waals surface area contributed by atoms with E-state index in [0.717, 1.165) is 24.0 Å². The number of amides is 2. The van der Waals surface area contributed by atoms with Crippen molar-refractivity contribution in [2.45, 2.75) is 46.3 Å². The van der Waals surface area contributed by atoms with Crippen LogP contribution in [-0.2, 0) is 26.1 Å². The minimum Gasteiger partial charge on any atom is -0.347 e. The van der Waals surface area contributed by atoms with Crippen LogP contribution in [0.1, 0.15) is 56.6 Å². The van der Waals surface area contributed by atoms with Crippen LogP contribution in [0, 0.1) is 6.92 Å². The first-order valence-corrected chi connectivity index (χ1v) is 10.8. The van der Waals surface area contributed by atoms with Gasteiger partial charge >= 0.3 is 0 Å². The third kappa shape index (κ3) is 4.85. The highest BCUT2D eigenvalue weighted by Gasteiger charge is 2.26. The molecule has 6 heteroatoms. The number of fused-ring (bicyclic) bond motifs is 1. The molecule has 31 heavy (non-hydrogen) atoms. The molecule has 0 fully saturated rings. The topological polar surface area (TPSA) is 67.2 Å². The number of carbonyl (C=O) groups is 2. The predicted molar refractivity (Wildman–Crippen MR) is 120 cm³/mol. The summed E-state index contributed by atoms with van der Waals surface area (Å²) in [6, 6.07) is 18.0. The van der Waals surface area contributed by atoms with E-state index in [0.29, 0.717) is 31.9 Å². The number of aryl methyl sites for hydroxylation is 3. The quantitative estimate of drug-likeness (QED) is 0.666. The molecule has 0 saturated heterocycles. The van der Waals surface area contributed by atoms with Crippen LogP contribution in [0.2, 0.25) is 0 Å². The molecule has 3 aromatic rings. The van der Waals surface area contributed by atoms with Gasteiger partial charge in [0.2, 0.25) is 0 Å². The zero-order valence-corrected chi connectivity index (χ0v) is 18.1. The maximum atomic E-state index is 13.1. The maximum absolute atomic E-state index is 13.1. The van der Waals surface area contributed by atoms with Gasteiger partial charge in [-0.25, -0.2) is 0 Å². The van der Waals surface area contributed by atoms with Gasteiger partial charge in [0.1, 0.15) is 5.69 Å². The number of hydrogen-bond acceptors (Lipinski definition) is 3. The van der Waals surface area contributed by atoms with Crippen LogP contribution in [0.3, 0.4) is 0 Å². The summed E-state index contributed by atoms with van der Waals surface area (Å²) in [5.74, 6) is -0.348. The lowest BCUT2D eigenvalue weighted by atomic mass is 10.1. The molecule has 0 radical (unpaired) electrons. The zero-order chi connectivity index (χ0) is 21.8. The van der Waals surface area contributed by atoms with E-state index < -0.39 is 0 Å². The Kier molecular flexibility index (Phi) is 6.16. The summed E-state index contributed by atoms with van der Waals surface area (Å²) in [5.41, 5.74) is 5.34. The number of nitrogens with zero attached hydrogens (tertiary/aromatic N) is 3. The van der Waals surface area contributed by atoms with Gasteiger partial charge in [-0.1, -0.05) is 61.0 Å². The Morgan fingerprint density at radius 3 is 2.55 bits per heavy atom. The zero-order valence-electron chi connectivity index (χ0n) is 18.1. The van der Waals surface area contributed by atoms with Gasteiger partial charge in [-0.15, -0.1) is 0 Å². The van der Waals surface area contributed by atoms with Crippen LogP contribution in [0.4, 0.5) is 0 Å². The van der Waals surface area contributed by atoms with Crippen molar-refractivity contribution in [2.24, 2.45) is 0 Å². The molecule has 6 nitrogen and oxygen atoms in total. The van der Waals surface area contributed by atoms with Crippen LogP contribution in [0.15, 0.2) is 54.6 Å². The van der Waals surface area contributed by atoms with Crippen molar-refractivity contribution >= 4 is 11.8 Å². The van der Waals surface area contributed by atoms with Crippen LogP contribution in [0.25, 0.3) is 0 Å². The molecular formula is C25H28N4O2. The lowest BCUT2D eigenvalue weighted by molar-refractivity contribution is 0.0745. The number of hydrogen-bond donors (Lipinski definition) is 1. The van der Waals surface area contributed by atoms with Gasteiger partial charge in [0.15, 0.2) is 5.69 Å². The van der Waals surface area contributed by atoms with Crippen molar-refractivity contribution in [3.63, 3.8) is 0 Å². The summed E-state index contributed by atoms with van der Waals surface area (Å²) in [5, 5.41) is 7.32. The highest BCUT2D eigenvalue weighted by atomic mass is 16.2. The molecule has 0 saturated carbocycles. The van der Waals surface area contributed by atoms with Crippen LogP contribution in [0.5, 0.6) is 0 Å². The van der Waals surface area contributed by atoms with E-state index in [1.807, 2.05) is 42.2 Å². The van der Waals surface area contributed by atoms with E-state index >= 15 is 0 Å². The molecule has 1 aliphatic heterocycles. The van der Waals surface area contributed by atoms with E-state index in [2.05, 4.69) is 35.5 Å². The van der Waals surface area contributed by atoms with Gasteiger partial charge in [0, 0.05) is 32.2 Å². The molecule has 2 aromatic carbocycles. The molecule has 0 atom stereocenters. The van der Waals surface area contributed by atoms with E-state index in [9.17, 15) is 9.59 Å². The van der Waals surface area contributed by atoms with Crippen LogP contribution in [-0.4, -0.2) is 33.0 Å². The second kappa shape index (κ2) is 9.16. The predicted octanol–water partition coefficient (Wildman–Crippen LogP) is 3.73.